The number of anilines is 1. The highest BCUT2D eigenvalue weighted by atomic mass is 32.1. The van der Waals surface area contributed by atoms with Crippen LogP contribution in [-0.4, -0.2) is 23.3 Å². The molecule has 0 fully saturated rings. The molecular formula is C14H17N3O3S. The number of nitrogens with one attached hydrogen (secondary N) is 2. The van der Waals surface area contributed by atoms with Crippen LogP contribution in [0.1, 0.15) is 25.1 Å². The van der Waals surface area contributed by atoms with Crippen LogP contribution in [0.15, 0.2) is 29.6 Å². The van der Waals surface area contributed by atoms with Gasteiger partial charge in [-0.05, 0) is 17.7 Å². The number of hydroxylamine groups is 1. The molecule has 1 aromatic heterocycles. The summed E-state index contributed by atoms with van der Waals surface area (Å²) in [7, 11) is 1.63. The van der Waals surface area contributed by atoms with E-state index < -0.39 is 6.03 Å². The van der Waals surface area contributed by atoms with E-state index in [0.29, 0.717) is 5.13 Å². The molecule has 0 aliphatic heterocycles. The van der Waals surface area contributed by atoms with Crippen molar-refractivity contribution in [2.45, 2.75) is 19.3 Å². The van der Waals surface area contributed by atoms with Crippen LogP contribution < -0.4 is 15.5 Å². The second kappa shape index (κ2) is 6.11. The van der Waals surface area contributed by atoms with Crippen molar-refractivity contribution < 1.29 is 14.7 Å². The van der Waals surface area contributed by atoms with Crippen molar-refractivity contribution in [3.8, 4) is 5.75 Å². The Bertz CT molecular complexity index is 623. The molecule has 0 spiro atoms. The predicted octanol–water partition coefficient (Wildman–Crippen LogP) is 2.99. The van der Waals surface area contributed by atoms with Gasteiger partial charge in [-0.1, -0.05) is 26.0 Å². The molecule has 112 valence electrons. The van der Waals surface area contributed by atoms with Gasteiger partial charge < -0.3 is 4.74 Å². The van der Waals surface area contributed by atoms with E-state index in [4.69, 9.17) is 9.94 Å². The lowest BCUT2D eigenvalue weighted by molar-refractivity contribution is 0.172. The van der Waals surface area contributed by atoms with Gasteiger partial charge in [0, 0.05) is 10.8 Å². The first-order valence-electron chi connectivity index (χ1n) is 6.29. The van der Waals surface area contributed by atoms with E-state index in [0.717, 1.165) is 17.0 Å². The number of hydrogen-bond donors (Lipinski definition) is 3. The monoisotopic (exact) mass is 307 g/mol. The first-order valence-corrected chi connectivity index (χ1v) is 7.17. The van der Waals surface area contributed by atoms with Crippen LogP contribution in [-0.2, 0) is 5.41 Å². The molecule has 0 atom stereocenters. The average molecular weight is 307 g/mol. The minimum absolute atomic E-state index is 0.307. The largest absolute Gasteiger partial charge is 0.497 e. The molecule has 2 rings (SSSR count). The maximum absolute atomic E-state index is 11.1. The topological polar surface area (TPSA) is 83.5 Å². The van der Waals surface area contributed by atoms with Crippen LogP contribution in [0.2, 0.25) is 0 Å². The first-order chi connectivity index (χ1) is 9.97. The lowest BCUT2D eigenvalue weighted by Crippen LogP contribution is -2.25. The summed E-state index contributed by atoms with van der Waals surface area (Å²) in [6, 6.07) is 7.08. The number of nitrogens with zero attached hydrogens (tertiary/aromatic N) is 1. The summed E-state index contributed by atoms with van der Waals surface area (Å²) >= 11 is 1.30. The summed E-state index contributed by atoms with van der Waals surface area (Å²) in [5.74, 6) is 0.801. The van der Waals surface area contributed by atoms with Crippen molar-refractivity contribution in [1.29, 1.82) is 0 Å². The van der Waals surface area contributed by atoms with E-state index >= 15 is 0 Å². The molecular weight excluding hydrogens is 290 g/mol. The third kappa shape index (κ3) is 3.32. The molecule has 21 heavy (non-hydrogen) atoms. The fraction of sp³-hybridized carbons (Fsp3) is 0.286. The van der Waals surface area contributed by atoms with E-state index in [-0.39, 0.29) is 5.41 Å². The number of carbonyl (C=O) groups excluding carboxylic acids is 1. The summed E-state index contributed by atoms with van der Waals surface area (Å²) in [6.45, 7) is 4.11. The Kier molecular flexibility index (Phi) is 4.44. The number of urea groups is 1. The Balaban J connectivity index is 2.23. The average Bonchev–Trinajstić information content (AvgIpc) is 2.96. The van der Waals surface area contributed by atoms with E-state index in [9.17, 15) is 4.79 Å². The number of rotatable bonds is 4. The molecule has 1 aromatic carbocycles. The highest BCUT2D eigenvalue weighted by Gasteiger charge is 2.26. The normalized spacial score (nSPS) is 11.0. The molecule has 0 saturated heterocycles. The second-order valence-corrected chi connectivity index (χ2v) is 5.82. The van der Waals surface area contributed by atoms with Gasteiger partial charge in [0.15, 0.2) is 5.13 Å². The number of hydrogen-bond acceptors (Lipinski definition) is 5. The van der Waals surface area contributed by atoms with Gasteiger partial charge in [0.25, 0.3) is 0 Å². The zero-order valence-corrected chi connectivity index (χ0v) is 12.8. The number of amides is 2. The highest BCUT2D eigenvalue weighted by molar-refractivity contribution is 7.13. The Morgan fingerprint density at radius 2 is 2.00 bits per heavy atom. The summed E-state index contributed by atoms with van der Waals surface area (Å²) < 4.78 is 5.16. The van der Waals surface area contributed by atoms with Crippen molar-refractivity contribution in [3.05, 3.63) is 40.9 Å². The minimum Gasteiger partial charge on any atom is -0.497 e. The molecule has 7 heteroatoms. The van der Waals surface area contributed by atoms with Gasteiger partial charge in [-0.15, -0.1) is 11.3 Å². The van der Waals surface area contributed by atoms with Gasteiger partial charge in [-0.3, -0.25) is 10.5 Å². The molecule has 0 bridgehead atoms. The maximum Gasteiger partial charge on any atom is 0.344 e. The van der Waals surface area contributed by atoms with E-state index in [1.165, 1.54) is 16.8 Å². The zero-order chi connectivity index (χ0) is 15.5. The third-order valence-corrected chi connectivity index (χ3v) is 4.04. The number of benzene rings is 1. The van der Waals surface area contributed by atoms with E-state index in [2.05, 4.69) is 24.1 Å². The number of methoxy groups -OCH3 is 1. The molecule has 3 N–H and O–H groups in total. The molecule has 2 amide bonds. The highest BCUT2D eigenvalue weighted by Crippen LogP contribution is 2.34. The first kappa shape index (κ1) is 15.3. The summed E-state index contributed by atoms with van der Waals surface area (Å²) in [5.41, 5.74) is 3.13. The van der Waals surface area contributed by atoms with Gasteiger partial charge in [-0.25, -0.2) is 15.3 Å². The minimum atomic E-state index is -0.710. The van der Waals surface area contributed by atoms with Gasteiger partial charge in [0.05, 0.1) is 12.8 Å². The van der Waals surface area contributed by atoms with Crippen molar-refractivity contribution >= 4 is 22.5 Å². The molecule has 6 nitrogen and oxygen atoms in total. The molecule has 0 aliphatic carbocycles. The number of ether oxygens (including phenoxy) is 1. The predicted molar refractivity (Wildman–Crippen MR) is 81.2 cm³/mol. The number of aromatic nitrogens is 1. The van der Waals surface area contributed by atoms with Gasteiger partial charge in [-0.2, -0.15) is 0 Å². The van der Waals surface area contributed by atoms with Crippen LogP contribution in [0.4, 0.5) is 9.93 Å². The summed E-state index contributed by atoms with van der Waals surface area (Å²) in [4.78, 5) is 15.5. The Morgan fingerprint density at radius 1 is 1.33 bits per heavy atom. The standard InChI is InChI=1S/C14H17N3O3S/c1-14(2,9-4-6-10(20-3)7-5-9)11-8-21-13(15-11)16-12(18)17-19/h4-8,19H,1-3H3,(H2,15,16,17,18). The Labute approximate surface area is 126 Å². The van der Waals surface area contributed by atoms with Crippen LogP contribution in [0.5, 0.6) is 5.75 Å². The van der Waals surface area contributed by atoms with Crippen molar-refractivity contribution in [3.63, 3.8) is 0 Å². The second-order valence-electron chi connectivity index (χ2n) is 4.96. The van der Waals surface area contributed by atoms with Crippen molar-refractivity contribution in [2.75, 3.05) is 12.4 Å². The quantitative estimate of drug-likeness (QED) is 0.599. The Hall–Kier alpha value is -2.12. The van der Waals surface area contributed by atoms with Gasteiger partial charge in [0.1, 0.15) is 5.75 Å². The van der Waals surface area contributed by atoms with Crippen LogP contribution >= 0.6 is 11.3 Å². The molecule has 1 heterocycles. The van der Waals surface area contributed by atoms with Crippen LogP contribution in [0.25, 0.3) is 0 Å². The SMILES string of the molecule is COc1ccc(C(C)(C)c2csc(NC(=O)NO)n2)cc1. The molecule has 0 radical (unpaired) electrons. The lowest BCUT2D eigenvalue weighted by Gasteiger charge is -2.23. The number of thiazole rings is 1. The zero-order valence-electron chi connectivity index (χ0n) is 12.0. The summed E-state index contributed by atoms with van der Waals surface area (Å²) in [5, 5.41) is 13.2. The van der Waals surface area contributed by atoms with Crippen molar-refractivity contribution in [1.82, 2.24) is 10.5 Å². The Morgan fingerprint density at radius 3 is 2.57 bits per heavy atom. The fourth-order valence-corrected chi connectivity index (χ4v) is 2.77. The fourth-order valence-electron chi connectivity index (χ4n) is 1.90. The smallest absolute Gasteiger partial charge is 0.344 e. The molecule has 0 aliphatic rings. The van der Waals surface area contributed by atoms with E-state index in [1.807, 2.05) is 29.6 Å². The van der Waals surface area contributed by atoms with E-state index in [1.54, 1.807) is 7.11 Å². The third-order valence-electron chi connectivity index (χ3n) is 3.28. The van der Waals surface area contributed by atoms with Crippen LogP contribution in [0, 0.1) is 0 Å². The lowest BCUT2D eigenvalue weighted by atomic mass is 9.82. The molecule has 2 aromatic rings. The van der Waals surface area contributed by atoms with Crippen molar-refractivity contribution in [2.24, 2.45) is 0 Å². The maximum atomic E-state index is 11.1. The molecule has 0 saturated carbocycles. The number of carbonyl (C=O) groups is 1. The van der Waals surface area contributed by atoms with Gasteiger partial charge in [0.2, 0.25) is 0 Å². The van der Waals surface area contributed by atoms with Gasteiger partial charge >= 0.3 is 6.03 Å². The molecule has 0 unspecified atom stereocenters. The summed E-state index contributed by atoms with van der Waals surface area (Å²) in [6.07, 6.45) is 0. The van der Waals surface area contributed by atoms with Crippen LogP contribution in [0.3, 0.4) is 0 Å².